The van der Waals surface area contributed by atoms with Crippen molar-refractivity contribution in [3.8, 4) is 11.5 Å². The van der Waals surface area contributed by atoms with E-state index in [0.29, 0.717) is 18.4 Å². The second-order valence-electron chi connectivity index (χ2n) is 7.62. The molecule has 1 saturated carbocycles. The monoisotopic (exact) mass is 387 g/mol. The van der Waals surface area contributed by atoms with Gasteiger partial charge in [-0.1, -0.05) is 11.2 Å². The van der Waals surface area contributed by atoms with E-state index in [1.807, 2.05) is 13.0 Å². The van der Waals surface area contributed by atoms with Crippen LogP contribution in [0.1, 0.15) is 55.8 Å². The lowest BCUT2D eigenvalue weighted by atomic mass is 9.90. The summed E-state index contributed by atoms with van der Waals surface area (Å²) in [5, 5.41) is 4.17. The fourth-order valence-electron chi connectivity index (χ4n) is 3.85. The molecule has 7 heteroatoms. The van der Waals surface area contributed by atoms with Crippen LogP contribution in [-0.4, -0.2) is 49.0 Å². The third-order valence-electron chi connectivity index (χ3n) is 5.76. The maximum absolute atomic E-state index is 5.90. The standard InChI is InChI=1S/C21H29N3O4/c1-4-27-17-8-5-15(13-18(17)25-2)14-24-11-9-21(26-3,10-12-24)20-22-19(23-28-20)16-6-7-16/h5,8,13,16H,4,6-7,9-12,14H2,1-3H3. The van der Waals surface area contributed by atoms with Crippen molar-refractivity contribution in [3.63, 3.8) is 0 Å². The summed E-state index contributed by atoms with van der Waals surface area (Å²) in [6.45, 7) is 5.27. The van der Waals surface area contributed by atoms with E-state index in [2.05, 4.69) is 27.2 Å². The van der Waals surface area contributed by atoms with Gasteiger partial charge in [-0.2, -0.15) is 4.98 Å². The highest BCUT2D eigenvalue weighted by Gasteiger charge is 2.42. The van der Waals surface area contributed by atoms with Gasteiger partial charge in [-0.25, -0.2) is 0 Å². The van der Waals surface area contributed by atoms with Crippen molar-refractivity contribution in [2.45, 2.75) is 50.7 Å². The first kappa shape index (κ1) is 19.2. The van der Waals surface area contributed by atoms with E-state index in [9.17, 15) is 0 Å². The molecule has 28 heavy (non-hydrogen) atoms. The highest BCUT2D eigenvalue weighted by Crippen LogP contribution is 2.41. The molecule has 0 bridgehead atoms. The lowest BCUT2D eigenvalue weighted by Crippen LogP contribution is -2.43. The molecule has 152 valence electrons. The predicted molar refractivity (Wildman–Crippen MR) is 104 cm³/mol. The van der Waals surface area contributed by atoms with Crippen molar-refractivity contribution in [1.29, 1.82) is 0 Å². The first-order valence-electron chi connectivity index (χ1n) is 10.1. The second kappa shape index (κ2) is 8.09. The average molecular weight is 387 g/mol. The molecule has 4 rings (SSSR count). The van der Waals surface area contributed by atoms with Crippen LogP contribution in [0.25, 0.3) is 0 Å². The fourth-order valence-corrected chi connectivity index (χ4v) is 3.85. The highest BCUT2D eigenvalue weighted by atomic mass is 16.5. The molecule has 2 aromatic rings. The van der Waals surface area contributed by atoms with Crippen molar-refractivity contribution in [1.82, 2.24) is 15.0 Å². The number of rotatable bonds is 8. The van der Waals surface area contributed by atoms with E-state index in [-0.39, 0.29) is 0 Å². The van der Waals surface area contributed by atoms with Gasteiger partial charge in [0, 0.05) is 32.7 Å². The zero-order valence-corrected chi connectivity index (χ0v) is 16.9. The van der Waals surface area contributed by atoms with E-state index in [0.717, 1.165) is 62.6 Å². The summed E-state index contributed by atoms with van der Waals surface area (Å²) >= 11 is 0. The Kier molecular flexibility index (Phi) is 5.55. The molecule has 1 aliphatic heterocycles. The molecule has 0 amide bonds. The van der Waals surface area contributed by atoms with Gasteiger partial charge in [-0.3, -0.25) is 4.90 Å². The first-order chi connectivity index (χ1) is 13.7. The second-order valence-corrected chi connectivity index (χ2v) is 7.62. The average Bonchev–Trinajstić information content (AvgIpc) is 3.46. The molecule has 0 N–H and O–H groups in total. The number of methoxy groups -OCH3 is 2. The maximum atomic E-state index is 5.90. The summed E-state index contributed by atoms with van der Waals surface area (Å²) in [6.07, 6.45) is 4.00. The van der Waals surface area contributed by atoms with Crippen molar-refractivity contribution in [3.05, 3.63) is 35.5 Å². The number of hydrogen-bond acceptors (Lipinski definition) is 7. The molecule has 0 unspecified atom stereocenters. The van der Waals surface area contributed by atoms with E-state index in [1.165, 1.54) is 5.56 Å². The van der Waals surface area contributed by atoms with Crippen LogP contribution in [-0.2, 0) is 16.9 Å². The number of hydrogen-bond donors (Lipinski definition) is 0. The van der Waals surface area contributed by atoms with Crippen LogP contribution in [0.5, 0.6) is 11.5 Å². The maximum Gasteiger partial charge on any atom is 0.258 e. The largest absolute Gasteiger partial charge is 0.493 e. The van der Waals surface area contributed by atoms with E-state index >= 15 is 0 Å². The van der Waals surface area contributed by atoms with Crippen molar-refractivity contribution >= 4 is 0 Å². The molecule has 1 saturated heterocycles. The third kappa shape index (κ3) is 3.86. The van der Waals surface area contributed by atoms with Crippen LogP contribution in [0, 0.1) is 0 Å². The van der Waals surface area contributed by atoms with Gasteiger partial charge in [-0.15, -0.1) is 0 Å². The van der Waals surface area contributed by atoms with Gasteiger partial charge in [0.05, 0.1) is 13.7 Å². The molecule has 2 fully saturated rings. The minimum absolute atomic E-state index is 0.465. The SMILES string of the molecule is CCOc1ccc(CN2CCC(OC)(c3nc(C4CC4)no3)CC2)cc1OC. The fraction of sp³-hybridized carbons (Fsp3) is 0.619. The number of piperidine rings is 1. The van der Waals surface area contributed by atoms with Crippen LogP contribution < -0.4 is 9.47 Å². The lowest BCUT2D eigenvalue weighted by Gasteiger charge is -2.38. The third-order valence-corrected chi connectivity index (χ3v) is 5.76. The Balaban J connectivity index is 1.40. The van der Waals surface area contributed by atoms with Crippen LogP contribution in [0.2, 0.25) is 0 Å². The number of likely N-dealkylation sites (tertiary alicyclic amines) is 1. The van der Waals surface area contributed by atoms with Crippen molar-refractivity contribution < 1.29 is 18.7 Å². The molecule has 2 aliphatic rings. The Morgan fingerprint density at radius 1 is 1.18 bits per heavy atom. The summed E-state index contributed by atoms with van der Waals surface area (Å²) in [6, 6.07) is 6.15. The van der Waals surface area contributed by atoms with E-state index in [4.69, 9.17) is 18.7 Å². The number of ether oxygens (including phenoxy) is 3. The van der Waals surface area contributed by atoms with Crippen LogP contribution >= 0.6 is 0 Å². The first-order valence-corrected chi connectivity index (χ1v) is 10.1. The summed E-state index contributed by atoms with van der Waals surface area (Å²) in [5.74, 6) is 3.53. The molecular weight excluding hydrogens is 358 g/mol. The zero-order chi connectivity index (χ0) is 19.6. The van der Waals surface area contributed by atoms with Crippen LogP contribution in [0.3, 0.4) is 0 Å². The predicted octanol–water partition coefficient (Wildman–Crippen LogP) is 3.49. The smallest absolute Gasteiger partial charge is 0.258 e. The summed E-state index contributed by atoms with van der Waals surface area (Å²) < 4.78 is 22.6. The lowest BCUT2D eigenvalue weighted by molar-refractivity contribution is -0.0838. The normalized spacial score (nSPS) is 19.5. The van der Waals surface area contributed by atoms with Crippen molar-refractivity contribution in [2.24, 2.45) is 0 Å². The molecule has 0 radical (unpaired) electrons. The minimum atomic E-state index is -0.465. The Morgan fingerprint density at radius 2 is 1.96 bits per heavy atom. The zero-order valence-electron chi connectivity index (χ0n) is 16.9. The Hall–Kier alpha value is -2.12. The van der Waals surface area contributed by atoms with Gasteiger partial charge >= 0.3 is 0 Å². The summed E-state index contributed by atoms with van der Waals surface area (Å²) in [4.78, 5) is 7.07. The molecule has 1 aromatic carbocycles. The molecule has 1 aromatic heterocycles. The van der Waals surface area contributed by atoms with Gasteiger partial charge in [0.25, 0.3) is 5.89 Å². The minimum Gasteiger partial charge on any atom is -0.493 e. The van der Waals surface area contributed by atoms with Gasteiger partial charge in [-0.05, 0) is 50.3 Å². The van der Waals surface area contributed by atoms with Gasteiger partial charge < -0.3 is 18.7 Å². The molecule has 2 heterocycles. The number of benzene rings is 1. The Bertz CT molecular complexity index is 795. The Morgan fingerprint density at radius 3 is 2.61 bits per heavy atom. The Labute approximate surface area is 166 Å². The summed E-state index contributed by atoms with van der Waals surface area (Å²) in [5.41, 5.74) is 0.742. The van der Waals surface area contributed by atoms with E-state index in [1.54, 1.807) is 14.2 Å². The van der Waals surface area contributed by atoms with Crippen molar-refractivity contribution in [2.75, 3.05) is 33.9 Å². The van der Waals surface area contributed by atoms with Gasteiger partial charge in [0.1, 0.15) is 5.60 Å². The van der Waals surface area contributed by atoms with E-state index < -0.39 is 5.60 Å². The molecule has 7 nitrogen and oxygen atoms in total. The molecule has 0 atom stereocenters. The van der Waals surface area contributed by atoms with Gasteiger partial charge in [0.15, 0.2) is 17.3 Å². The van der Waals surface area contributed by atoms with Gasteiger partial charge in [0.2, 0.25) is 0 Å². The highest BCUT2D eigenvalue weighted by molar-refractivity contribution is 5.43. The topological polar surface area (TPSA) is 69.9 Å². The molecule has 0 spiro atoms. The molecule has 1 aliphatic carbocycles. The molecular formula is C21H29N3O4. The number of aromatic nitrogens is 2. The van der Waals surface area contributed by atoms with Crippen LogP contribution in [0.15, 0.2) is 22.7 Å². The number of nitrogens with zero attached hydrogens (tertiary/aromatic N) is 3. The summed E-state index contributed by atoms with van der Waals surface area (Å²) in [7, 11) is 3.42. The quantitative estimate of drug-likeness (QED) is 0.687. The van der Waals surface area contributed by atoms with Crippen LogP contribution in [0.4, 0.5) is 0 Å².